The van der Waals surface area contributed by atoms with Gasteiger partial charge in [-0.05, 0) is 20.3 Å². The molecule has 0 aliphatic heterocycles. The molecule has 0 fully saturated rings. The largest absolute Gasteiger partial charge is 0.339 e. The monoisotopic (exact) mass is 200 g/mol. The van der Waals surface area contributed by atoms with Gasteiger partial charge in [0.15, 0.2) is 0 Å². The van der Waals surface area contributed by atoms with Crippen LogP contribution in [0.2, 0.25) is 0 Å². The van der Waals surface area contributed by atoms with Crippen molar-refractivity contribution in [2.45, 2.75) is 53.1 Å². The van der Waals surface area contributed by atoms with Gasteiger partial charge in [-0.25, -0.2) is 0 Å². The summed E-state index contributed by atoms with van der Waals surface area (Å²) in [5.74, 6) is 0.204. The number of hydrogen-bond acceptors (Lipinski definition) is 2. The summed E-state index contributed by atoms with van der Waals surface area (Å²) < 4.78 is 0. The fraction of sp³-hybridized carbons (Fsp3) is 0.909. The summed E-state index contributed by atoms with van der Waals surface area (Å²) in [7, 11) is 0. The highest BCUT2D eigenvalue weighted by molar-refractivity contribution is 5.78. The van der Waals surface area contributed by atoms with Gasteiger partial charge in [0.2, 0.25) is 5.91 Å². The molecule has 3 nitrogen and oxygen atoms in total. The summed E-state index contributed by atoms with van der Waals surface area (Å²) in [5.41, 5.74) is 0. The minimum absolute atomic E-state index is 0.204. The predicted octanol–water partition coefficient (Wildman–Crippen LogP) is 1.63. The van der Waals surface area contributed by atoms with Gasteiger partial charge in [0.05, 0.1) is 6.54 Å². The Morgan fingerprint density at radius 3 is 2.21 bits per heavy atom. The Balaban J connectivity index is 4.02. The molecule has 1 N–H and O–H groups in total. The number of hydrogen-bond donors (Lipinski definition) is 1. The summed E-state index contributed by atoms with van der Waals surface area (Å²) in [4.78, 5) is 13.7. The van der Waals surface area contributed by atoms with Crippen LogP contribution in [0.1, 0.15) is 41.0 Å². The Kier molecular flexibility index (Phi) is 6.54. The second-order valence-electron chi connectivity index (χ2n) is 4.22. The molecule has 0 radical (unpaired) electrons. The lowest BCUT2D eigenvalue weighted by Crippen LogP contribution is -2.44. The Morgan fingerprint density at radius 2 is 1.86 bits per heavy atom. The maximum absolute atomic E-state index is 11.7. The molecule has 0 saturated carbocycles. The highest BCUT2D eigenvalue weighted by Gasteiger charge is 2.15. The van der Waals surface area contributed by atoms with Crippen LogP contribution in [0.5, 0.6) is 0 Å². The van der Waals surface area contributed by atoms with E-state index in [1.807, 2.05) is 18.7 Å². The van der Waals surface area contributed by atoms with E-state index in [1.54, 1.807) is 0 Å². The first-order valence-corrected chi connectivity index (χ1v) is 5.51. The molecule has 0 atom stereocenters. The number of carbonyl (C=O) groups excluding carboxylic acids is 1. The quantitative estimate of drug-likeness (QED) is 0.707. The minimum Gasteiger partial charge on any atom is -0.339 e. The fourth-order valence-electron chi connectivity index (χ4n) is 1.30. The maximum Gasteiger partial charge on any atom is 0.236 e. The third kappa shape index (κ3) is 5.22. The molecule has 0 aromatic rings. The number of nitrogens with zero attached hydrogens (tertiary/aromatic N) is 1. The van der Waals surface area contributed by atoms with E-state index >= 15 is 0 Å². The summed E-state index contributed by atoms with van der Waals surface area (Å²) in [6.45, 7) is 11.6. The Labute approximate surface area is 87.9 Å². The first-order valence-electron chi connectivity index (χ1n) is 5.51. The van der Waals surface area contributed by atoms with Crippen LogP contribution in [-0.4, -0.2) is 36.0 Å². The highest BCUT2D eigenvalue weighted by Crippen LogP contribution is 2.00. The molecule has 0 bridgehead atoms. The number of nitrogens with one attached hydrogen (secondary N) is 1. The maximum atomic E-state index is 11.7. The first kappa shape index (κ1) is 13.4. The van der Waals surface area contributed by atoms with Crippen molar-refractivity contribution in [3.63, 3.8) is 0 Å². The van der Waals surface area contributed by atoms with Crippen LogP contribution in [0.25, 0.3) is 0 Å². The Morgan fingerprint density at radius 1 is 1.29 bits per heavy atom. The summed E-state index contributed by atoms with van der Waals surface area (Å²) in [6, 6.07) is 0.672. The van der Waals surface area contributed by atoms with Gasteiger partial charge in [-0.15, -0.1) is 0 Å². The van der Waals surface area contributed by atoms with Crippen molar-refractivity contribution >= 4 is 5.91 Å². The highest BCUT2D eigenvalue weighted by atomic mass is 16.2. The number of amides is 1. The number of carbonyl (C=O) groups is 1. The van der Waals surface area contributed by atoms with Gasteiger partial charge in [0, 0.05) is 18.6 Å². The van der Waals surface area contributed by atoms with Gasteiger partial charge < -0.3 is 10.2 Å². The third-order valence-electron chi connectivity index (χ3n) is 2.07. The second kappa shape index (κ2) is 6.82. The normalized spacial score (nSPS) is 11.1. The van der Waals surface area contributed by atoms with Crippen LogP contribution in [0.4, 0.5) is 0 Å². The van der Waals surface area contributed by atoms with Gasteiger partial charge in [-0.1, -0.05) is 20.8 Å². The van der Waals surface area contributed by atoms with Crippen molar-refractivity contribution < 1.29 is 4.79 Å². The molecule has 0 saturated heterocycles. The predicted molar refractivity (Wildman–Crippen MR) is 60.3 cm³/mol. The standard InChI is InChI=1S/C11H24N2O/c1-6-7-13(10(4)5)11(14)8-12-9(2)3/h9-10,12H,6-8H2,1-5H3. The van der Waals surface area contributed by atoms with Crippen molar-refractivity contribution in [1.82, 2.24) is 10.2 Å². The first-order chi connectivity index (χ1) is 6.49. The average Bonchev–Trinajstić information content (AvgIpc) is 2.09. The third-order valence-corrected chi connectivity index (χ3v) is 2.07. The van der Waals surface area contributed by atoms with Crippen molar-refractivity contribution in [1.29, 1.82) is 0 Å². The van der Waals surface area contributed by atoms with Gasteiger partial charge in [0.1, 0.15) is 0 Å². The molecular weight excluding hydrogens is 176 g/mol. The summed E-state index contributed by atoms with van der Waals surface area (Å²) >= 11 is 0. The SMILES string of the molecule is CCCN(C(=O)CNC(C)C)C(C)C. The van der Waals surface area contributed by atoms with Crippen molar-refractivity contribution in [2.24, 2.45) is 0 Å². The van der Waals surface area contributed by atoms with Crippen LogP contribution >= 0.6 is 0 Å². The van der Waals surface area contributed by atoms with E-state index in [-0.39, 0.29) is 5.91 Å². The fourth-order valence-corrected chi connectivity index (χ4v) is 1.30. The average molecular weight is 200 g/mol. The van der Waals surface area contributed by atoms with Crippen LogP contribution in [0.3, 0.4) is 0 Å². The second-order valence-corrected chi connectivity index (χ2v) is 4.22. The van der Waals surface area contributed by atoms with Gasteiger partial charge in [-0.3, -0.25) is 4.79 Å². The van der Waals surface area contributed by atoms with E-state index in [0.717, 1.165) is 13.0 Å². The lowest BCUT2D eigenvalue weighted by Gasteiger charge is -2.26. The summed E-state index contributed by atoms with van der Waals surface area (Å²) in [6.07, 6.45) is 1.02. The zero-order valence-electron chi connectivity index (χ0n) is 10.1. The van der Waals surface area contributed by atoms with Crippen LogP contribution in [-0.2, 0) is 4.79 Å². The van der Waals surface area contributed by atoms with Gasteiger partial charge >= 0.3 is 0 Å². The lowest BCUT2D eigenvalue weighted by molar-refractivity contribution is -0.132. The van der Waals surface area contributed by atoms with Crippen molar-refractivity contribution in [3.8, 4) is 0 Å². The minimum atomic E-state index is 0.204. The van der Waals surface area contributed by atoms with E-state index in [9.17, 15) is 4.79 Å². The molecule has 0 aliphatic rings. The molecule has 0 aromatic carbocycles. The molecule has 0 spiro atoms. The van der Waals surface area contributed by atoms with Crippen LogP contribution in [0, 0.1) is 0 Å². The molecule has 84 valence electrons. The van der Waals surface area contributed by atoms with E-state index in [4.69, 9.17) is 0 Å². The van der Waals surface area contributed by atoms with E-state index in [0.29, 0.717) is 18.6 Å². The van der Waals surface area contributed by atoms with E-state index < -0.39 is 0 Å². The van der Waals surface area contributed by atoms with E-state index in [2.05, 4.69) is 26.1 Å². The molecule has 0 aliphatic carbocycles. The van der Waals surface area contributed by atoms with Gasteiger partial charge in [-0.2, -0.15) is 0 Å². The molecule has 14 heavy (non-hydrogen) atoms. The van der Waals surface area contributed by atoms with Crippen molar-refractivity contribution in [3.05, 3.63) is 0 Å². The zero-order valence-corrected chi connectivity index (χ0v) is 10.1. The van der Waals surface area contributed by atoms with Crippen LogP contribution in [0.15, 0.2) is 0 Å². The molecule has 0 aromatic heterocycles. The number of rotatable bonds is 6. The zero-order chi connectivity index (χ0) is 11.1. The molecular formula is C11H24N2O. The van der Waals surface area contributed by atoms with Crippen LogP contribution < -0.4 is 5.32 Å². The van der Waals surface area contributed by atoms with Crippen molar-refractivity contribution in [2.75, 3.05) is 13.1 Å². The molecule has 3 heteroatoms. The smallest absolute Gasteiger partial charge is 0.236 e. The summed E-state index contributed by atoms with van der Waals surface area (Å²) in [5, 5.41) is 3.15. The molecule has 0 unspecified atom stereocenters. The van der Waals surface area contributed by atoms with Gasteiger partial charge in [0.25, 0.3) is 0 Å². The molecule has 0 rings (SSSR count). The lowest BCUT2D eigenvalue weighted by atomic mass is 10.2. The van der Waals surface area contributed by atoms with E-state index in [1.165, 1.54) is 0 Å². The Hall–Kier alpha value is -0.570. The Bertz CT molecular complexity index is 167. The topological polar surface area (TPSA) is 32.3 Å². The molecule has 0 heterocycles. The molecule has 1 amide bonds.